The molecule has 0 heterocycles. The maximum atomic E-state index is 9.10. The molecule has 2 aromatic rings. The van der Waals surface area contributed by atoms with Gasteiger partial charge in [-0.1, -0.05) is 41.9 Å². The number of nitrogens with two attached hydrogens (primary N) is 1. The van der Waals surface area contributed by atoms with Crippen LogP contribution in [0.15, 0.2) is 48.5 Å². The van der Waals surface area contributed by atoms with E-state index in [1.54, 1.807) is 0 Å². The molecule has 0 spiro atoms. The molecule has 0 aromatic heterocycles. The molecule has 2 aromatic carbocycles. The third-order valence-corrected chi connectivity index (χ3v) is 3.84. The molecule has 0 fully saturated rings. The number of anilines is 1. The molecule has 0 atom stereocenters. The van der Waals surface area contributed by atoms with Gasteiger partial charge in [0.25, 0.3) is 0 Å². The number of hydrogen-bond acceptors (Lipinski definition) is 7. The van der Waals surface area contributed by atoms with Gasteiger partial charge in [-0.2, -0.15) is 0 Å². The van der Waals surface area contributed by atoms with Crippen molar-refractivity contribution in [2.75, 3.05) is 31.5 Å². The molecule has 0 saturated carbocycles. The first-order valence-electron chi connectivity index (χ1n) is 9.47. The maximum absolute atomic E-state index is 9.10. The van der Waals surface area contributed by atoms with E-state index in [0.717, 1.165) is 36.8 Å². The first-order chi connectivity index (χ1) is 15.6. The number of carboxylic acid groups (broad SMARTS) is 4. The largest absolute Gasteiger partial charge is 0.473 e. The third-order valence-electron chi connectivity index (χ3n) is 3.61. The summed E-state index contributed by atoms with van der Waals surface area (Å²) in [5, 5.41) is 37.1. The zero-order valence-corrected chi connectivity index (χ0v) is 18.3. The van der Waals surface area contributed by atoms with Crippen molar-refractivity contribution in [3.05, 3.63) is 64.7 Å². The van der Waals surface area contributed by atoms with Crippen molar-refractivity contribution in [1.82, 2.24) is 5.32 Å². The van der Waals surface area contributed by atoms with Crippen LogP contribution in [0.4, 0.5) is 5.69 Å². The standard InChI is InChI=1S/C17H22ClN3.2C2H2O4/c18-16-6-7-17(21-11-10-20-9-8-19)15(13-16)12-14-4-2-1-3-5-14;2*3-1(4)2(5)6/h1-7,13,20-21H,8-12,19H2;2*(H,3,4)(H,5,6). The van der Waals surface area contributed by atoms with E-state index < -0.39 is 23.9 Å². The van der Waals surface area contributed by atoms with Crippen LogP contribution in [-0.4, -0.2) is 70.5 Å². The van der Waals surface area contributed by atoms with Crippen LogP contribution in [0.2, 0.25) is 5.02 Å². The molecule has 0 saturated heterocycles. The molecule has 0 aliphatic heterocycles. The zero-order valence-electron chi connectivity index (χ0n) is 17.5. The van der Waals surface area contributed by atoms with Gasteiger partial charge < -0.3 is 36.8 Å². The highest BCUT2D eigenvalue weighted by Crippen LogP contribution is 2.23. The van der Waals surface area contributed by atoms with Crippen LogP contribution in [0.25, 0.3) is 0 Å². The van der Waals surface area contributed by atoms with E-state index in [4.69, 9.17) is 56.9 Å². The predicted octanol–water partition coefficient (Wildman–Crippen LogP) is 1.20. The van der Waals surface area contributed by atoms with Crippen molar-refractivity contribution in [3.63, 3.8) is 0 Å². The topological polar surface area (TPSA) is 199 Å². The summed E-state index contributed by atoms with van der Waals surface area (Å²) in [4.78, 5) is 36.4. The molecule has 0 aliphatic rings. The zero-order chi connectivity index (χ0) is 25.2. The lowest BCUT2D eigenvalue weighted by Gasteiger charge is -2.13. The molecule has 2 rings (SSSR count). The third kappa shape index (κ3) is 14.9. The quantitative estimate of drug-likeness (QED) is 0.210. The van der Waals surface area contributed by atoms with Crippen molar-refractivity contribution in [3.8, 4) is 0 Å². The van der Waals surface area contributed by atoms with Gasteiger partial charge in [0.15, 0.2) is 0 Å². The van der Waals surface area contributed by atoms with Gasteiger partial charge in [0.2, 0.25) is 0 Å². The number of nitrogens with one attached hydrogen (secondary N) is 2. The Hall–Kier alpha value is -3.67. The fourth-order valence-corrected chi connectivity index (χ4v) is 2.40. The molecule has 0 aliphatic carbocycles. The monoisotopic (exact) mass is 483 g/mol. The Morgan fingerprint density at radius 2 is 1.33 bits per heavy atom. The van der Waals surface area contributed by atoms with Crippen LogP contribution >= 0.6 is 11.6 Å². The lowest BCUT2D eigenvalue weighted by Crippen LogP contribution is -2.27. The molecule has 11 nitrogen and oxygen atoms in total. The van der Waals surface area contributed by atoms with Gasteiger partial charge in [0.05, 0.1) is 0 Å². The first-order valence-corrected chi connectivity index (χ1v) is 9.85. The molecular weight excluding hydrogens is 458 g/mol. The van der Waals surface area contributed by atoms with Gasteiger partial charge in [0.1, 0.15) is 0 Å². The average Bonchev–Trinajstić information content (AvgIpc) is 2.76. The molecule has 0 bridgehead atoms. The van der Waals surface area contributed by atoms with Gasteiger partial charge in [-0.25, -0.2) is 19.2 Å². The number of benzene rings is 2. The number of aliphatic carboxylic acids is 4. The maximum Gasteiger partial charge on any atom is 0.414 e. The van der Waals surface area contributed by atoms with Gasteiger partial charge in [-0.3, -0.25) is 0 Å². The summed E-state index contributed by atoms with van der Waals surface area (Å²) in [5.74, 6) is -7.30. The van der Waals surface area contributed by atoms with E-state index in [2.05, 4.69) is 34.9 Å². The number of carbonyl (C=O) groups is 4. The van der Waals surface area contributed by atoms with Gasteiger partial charge >= 0.3 is 23.9 Å². The van der Waals surface area contributed by atoms with Gasteiger partial charge in [-0.05, 0) is 35.7 Å². The number of hydrogen-bond donors (Lipinski definition) is 7. The van der Waals surface area contributed by atoms with Crippen LogP contribution in [-0.2, 0) is 25.6 Å². The SMILES string of the molecule is NCCNCCNc1ccc(Cl)cc1Cc1ccccc1.O=C(O)C(=O)O.O=C(O)C(=O)O. The van der Waals surface area contributed by atoms with E-state index in [-0.39, 0.29) is 0 Å². The minimum Gasteiger partial charge on any atom is -0.473 e. The van der Waals surface area contributed by atoms with Crippen LogP contribution in [0.3, 0.4) is 0 Å². The minimum absolute atomic E-state index is 0.667. The molecule has 0 amide bonds. The molecular formula is C21H26ClN3O8. The molecule has 12 heteroatoms. The highest BCUT2D eigenvalue weighted by atomic mass is 35.5. The van der Waals surface area contributed by atoms with E-state index in [0.29, 0.717) is 6.54 Å². The molecule has 8 N–H and O–H groups in total. The first kappa shape index (κ1) is 29.3. The highest BCUT2D eigenvalue weighted by molar-refractivity contribution is 6.30. The summed E-state index contributed by atoms with van der Waals surface area (Å²) in [7, 11) is 0. The Morgan fingerprint density at radius 3 is 1.82 bits per heavy atom. The second-order valence-electron chi connectivity index (χ2n) is 6.15. The predicted molar refractivity (Wildman–Crippen MR) is 122 cm³/mol. The lowest BCUT2D eigenvalue weighted by atomic mass is 10.0. The van der Waals surface area contributed by atoms with Crippen LogP contribution in [0, 0.1) is 0 Å². The number of halogens is 1. The van der Waals surface area contributed by atoms with Crippen molar-refractivity contribution in [2.45, 2.75) is 6.42 Å². The lowest BCUT2D eigenvalue weighted by molar-refractivity contribution is -0.159. The Labute approximate surface area is 194 Å². The summed E-state index contributed by atoms with van der Waals surface area (Å²) < 4.78 is 0. The van der Waals surface area contributed by atoms with Crippen molar-refractivity contribution in [2.24, 2.45) is 5.73 Å². The van der Waals surface area contributed by atoms with Gasteiger partial charge in [0, 0.05) is 36.9 Å². The average molecular weight is 484 g/mol. The molecule has 180 valence electrons. The molecule has 0 radical (unpaired) electrons. The summed E-state index contributed by atoms with van der Waals surface area (Å²) in [6.45, 7) is 3.27. The Morgan fingerprint density at radius 1 is 0.788 bits per heavy atom. The second-order valence-corrected chi connectivity index (χ2v) is 6.59. The smallest absolute Gasteiger partial charge is 0.414 e. The fraction of sp³-hybridized carbons (Fsp3) is 0.238. The molecule has 0 unspecified atom stereocenters. The van der Waals surface area contributed by atoms with Crippen LogP contribution in [0.5, 0.6) is 0 Å². The van der Waals surface area contributed by atoms with E-state index in [1.807, 2.05) is 24.3 Å². The number of carboxylic acids is 4. The van der Waals surface area contributed by atoms with Crippen molar-refractivity contribution >= 4 is 41.2 Å². The van der Waals surface area contributed by atoms with Crippen LogP contribution in [0.1, 0.15) is 11.1 Å². The van der Waals surface area contributed by atoms with E-state index in [1.165, 1.54) is 11.1 Å². The Balaban J connectivity index is 0.000000705. The van der Waals surface area contributed by atoms with Crippen molar-refractivity contribution in [1.29, 1.82) is 0 Å². The van der Waals surface area contributed by atoms with E-state index in [9.17, 15) is 0 Å². The minimum atomic E-state index is -1.82. The Kier molecular flexibility index (Phi) is 15.1. The van der Waals surface area contributed by atoms with Gasteiger partial charge in [-0.15, -0.1) is 0 Å². The summed E-state index contributed by atoms with van der Waals surface area (Å²) in [6, 6.07) is 16.4. The molecule has 33 heavy (non-hydrogen) atoms. The second kappa shape index (κ2) is 17.0. The number of rotatable bonds is 8. The van der Waals surface area contributed by atoms with Crippen molar-refractivity contribution < 1.29 is 39.6 Å². The normalized spacial score (nSPS) is 9.39. The Bertz CT molecular complexity index is 862. The highest BCUT2D eigenvalue weighted by Gasteiger charge is 2.05. The summed E-state index contributed by atoms with van der Waals surface area (Å²) in [6.07, 6.45) is 0.875. The fourth-order valence-electron chi connectivity index (χ4n) is 2.21. The summed E-state index contributed by atoms with van der Waals surface area (Å²) >= 11 is 6.13. The summed E-state index contributed by atoms with van der Waals surface area (Å²) in [5.41, 5.74) is 9.08. The van der Waals surface area contributed by atoms with E-state index >= 15 is 0 Å². The van der Waals surface area contributed by atoms with Crippen LogP contribution < -0.4 is 16.4 Å².